The van der Waals surface area contributed by atoms with Gasteiger partial charge in [-0.1, -0.05) is 11.6 Å². The van der Waals surface area contributed by atoms with Crippen LogP contribution in [0.3, 0.4) is 0 Å². The first-order valence-corrected chi connectivity index (χ1v) is 8.93. The Bertz CT molecular complexity index is 668. The van der Waals surface area contributed by atoms with E-state index in [1.165, 1.54) is 32.6 Å². The van der Waals surface area contributed by atoms with E-state index >= 15 is 0 Å². The van der Waals surface area contributed by atoms with Crippen molar-refractivity contribution in [3.63, 3.8) is 0 Å². The molecule has 2 rings (SSSR count). The van der Waals surface area contributed by atoms with Gasteiger partial charge >= 0.3 is 5.97 Å². The fourth-order valence-corrected chi connectivity index (χ4v) is 2.87. The summed E-state index contributed by atoms with van der Waals surface area (Å²) in [5, 5.41) is 2.83. The molecule has 0 fully saturated rings. The van der Waals surface area contributed by atoms with Gasteiger partial charge in [0.1, 0.15) is 17.1 Å². The van der Waals surface area contributed by atoms with E-state index in [2.05, 4.69) is 11.4 Å². The summed E-state index contributed by atoms with van der Waals surface area (Å²) in [5.41, 5.74) is 1.64. The summed E-state index contributed by atoms with van der Waals surface area (Å²) in [6.07, 6.45) is 6.93. The fourth-order valence-electron chi connectivity index (χ4n) is 2.87. The number of esters is 1. The summed E-state index contributed by atoms with van der Waals surface area (Å²) in [6.45, 7) is 2.11. The highest BCUT2D eigenvalue weighted by Gasteiger charge is 2.21. The monoisotopic (exact) mass is 361 g/mol. The molecule has 1 aromatic rings. The number of hydrogen-bond donors (Lipinski definition) is 1. The Morgan fingerprint density at radius 3 is 2.65 bits per heavy atom. The highest BCUT2D eigenvalue weighted by atomic mass is 16.5. The van der Waals surface area contributed by atoms with Crippen molar-refractivity contribution in [3.05, 3.63) is 35.4 Å². The Balaban J connectivity index is 1.85. The average Bonchev–Trinajstić information content (AvgIpc) is 2.67. The van der Waals surface area contributed by atoms with Crippen LogP contribution in [0, 0.1) is 0 Å². The number of ether oxygens (including phenoxy) is 3. The van der Waals surface area contributed by atoms with Crippen molar-refractivity contribution in [1.82, 2.24) is 5.32 Å². The third-order valence-electron chi connectivity index (χ3n) is 4.41. The van der Waals surface area contributed by atoms with Gasteiger partial charge in [0.25, 0.3) is 5.91 Å². The molecular weight excluding hydrogens is 334 g/mol. The molecule has 0 aliphatic heterocycles. The topological polar surface area (TPSA) is 73.9 Å². The van der Waals surface area contributed by atoms with E-state index in [4.69, 9.17) is 14.2 Å². The van der Waals surface area contributed by atoms with Gasteiger partial charge < -0.3 is 19.5 Å². The molecule has 1 aliphatic rings. The van der Waals surface area contributed by atoms with Crippen LogP contribution in [0.1, 0.15) is 49.4 Å². The lowest BCUT2D eigenvalue weighted by Gasteiger charge is -2.16. The van der Waals surface area contributed by atoms with E-state index in [9.17, 15) is 9.59 Å². The minimum absolute atomic E-state index is 0.250. The smallest absolute Gasteiger partial charge is 0.342 e. The normalized spacial score (nSPS) is 14.8. The van der Waals surface area contributed by atoms with Crippen LogP contribution in [-0.4, -0.2) is 38.7 Å². The number of amides is 1. The number of methoxy groups -OCH3 is 2. The standard InChI is InChI=1S/C20H27NO5/c1-14(19(22)21-12-11-15-7-5-4-6-8-15)26-20(23)17-10-9-16(24-2)13-18(17)25-3/h7,9-10,13-14H,4-6,8,11-12H2,1-3H3,(H,21,22)/t14-/m0/s1. The van der Waals surface area contributed by atoms with Crippen LogP contribution < -0.4 is 14.8 Å². The summed E-state index contributed by atoms with van der Waals surface area (Å²) in [5.74, 6) is -0.00298. The van der Waals surface area contributed by atoms with Crippen LogP contribution in [0.25, 0.3) is 0 Å². The second kappa shape index (κ2) is 9.85. The lowest BCUT2D eigenvalue weighted by molar-refractivity contribution is -0.129. The van der Waals surface area contributed by atoms with Crippen molar-refractivity contribution in [3.8, 4) is 11.5 Å². The maximum Gasteiger partial charge on any atom is 0.342 e. The van der Waals surface area contributed by atoms with Crippen molar-refractivity contribution in [2.24, 2.45) is 0 Å². The first kappa shape index (κ1) is 19.8. The molecule has 26 heavy (non-hydrogen) atoms. The average molecular weight is 361 g/mol. The predicted octanol–water partition coefficient (Wildman–Crippen LogP) is 3.26. The van der Waals surface area contributed by atoms with Gasteiger partial charge in [-0.2, -0.15) is 0 Å². The molecule has 0 spiro atoms. The van der Waals surface area contributed by atoms with Gasteiger partial charge in [-0.3, -0.25) is 4.79 Å². The fraction of sp³-hybridized carbons (Fsp3) is 0.500. The quantitative estimate of drug-likeness (QED) is 0.568. The van der Waals surface area contributed by atoms with Crippen LogP contribution in [0.15, 0.2) is 29.8 Å². The maximum absolute atomic E-state index is 12.3. The summed E-state index contributed by atoms with van der Waals surface area (Å²) < 4.78 is 15.6. The lowest BCUT2D eigenvalue weighted by atomic mass is 9.97. The molecule has 0 unspecified atom stereocenters. The Morgan fingerprint density at radius 2 is 2.00 bits per heavy atom. The molecule has 0 saturated heterocycles. The Kier molecular flexibility index (Phi) is 7.51. The van der Waals surface area contributed by atoms with Crippen LogP contribution in [0.2, 0.25) is 0 Å². The molecule has 0 radical (unpaired) electrons. The maximum atomic E-state index is 12.3. The first-order chi connectivity index (χ1) is 12.5. The second-order valence-corrected chi connectivity index (χ2v) is 6.26. The Labute approximate surface area is 154 Å². The van der Waals surface area contributed by atoms with Gasteiger partial charge in [0.2, 0.25) is 0 Å². The van der Waals surface area contributed by atoms with Crippen LogP contribution in [0.4, 0.5) is 0 Å². The van der Waals surface area contributed by atoms with E-state index in [1.807, 2.05) is 0 Å². The zero-order chi connectivity index (χ0) is 18.9. The molecule has 0 aromatic heterocycles. The highest BCUT2D eigenvalue weighted by Crippen LogP contribution is 2.25. The molecule has 0 heterocycles. The molecule has 1 N–H and O–H groups in total. The summed E-state index contributed by atoms with van der Waals surface area (Å²) >= 11 is 0. The number of hydrogen-bond acceptors (Lipinski definition) is 5. The van der Waals surface area contributed by atoms with Gasteiger partial charge in [0, 0.05) is 12.6 Å². The molecule has 0 saturated carbocycles. The number of rotatable bonds is 8. The molecule has 1 amide bonds. The summed E-state index contributed by atoms with van der Waals surface area (Å²) in [6, 6.07) is 4.79. The third-order valence-corrected chi connectivity index (χ3v) is 4.41. The molecule has 6 nitrogen and oxygen atoms in total. The minimum atomic E-state index is -0.880. The van der Waals surface area contributed by atoms with E-state index in [-0.39, 0.29) is 11.5 Å². The number of benzene rings is 1. The number of nitrogens with one attached hydrogen (secondary N) is 1. The molecular formula is C20H27NO5. The van der Waals surface area contributed by atoms with Crippen LogP contribution in [0.5, 0.6) is 11.5 Å². The van der Waals surface area contributed by atoms with Gasteiger partial charge in [0.15, 0.2) is 6.10 Å². The first-order valence-electron chi connectivity index (χ1n) is 8.93. The largest absolute Gasteiger partial charge is 0.497 e. The van der Waals surface area contributed by atoms with Crippen LogP contribution >= 0.6 is 0 Å². The Hall–Kier alpha value is -2.50. The van der Waals surface area contributed by atoms with Gasteiger partial charge in [-0.15, -0.1) is 0 Å². The zero-order valence-corrected chi connectivity index (χ0v) is 15.7. The summed E-state index contributed by atoms with van der Waals surface area (Å²) in [7, 11) is 2.99. The van der Waals surface area contributed by atoms with Gasteiger partial charge in [0.05, 0.1) is 14.2 Å². The highest BCUT2D eigenvalue weighted by molar-refractivity contribution is 5.94. The Morgan fingerprint density at radius 1 is 1.19 bits per heavy atom. The SMILES string of the molecule is COc1ccc(C(=O)O[C@@H](C)C(=O)NCCC2=CCCCC2)c(OC)c1. The van der Waals surface area contributed by atoms with Gasteiger partial charge in [-0.05, 0) is 51.2 Å². The number of carbonyl (C=O) groups excluding carboxylic acids is 2. The van der Waals surface area contributed by atoms with E-state index in [0.29, 0.717) is 18.0 Å². The van der Waals surface area contributed by atoms with E-state index in [1.54, 1.807) is 25.1 Å². The second-order valence-electron chi connectivity index (χ2n) is 6.26. The predicted molar refractivity (Wildman–Crippen MR) is 98.6 cm³/mol. The van der Waals surface area contributed by atoms with Crippen molar-refractivity contribution in [1.29, 1.82) is 0 Å². The van der Waals surface area contributed by atoms with Crippen molar-refractivity contribution < 1.29 is 23.8 Å². The zero-order valence-electron chi connectivity index (χ0n) is 15.7. The summed E-state index contributed by atoms with van der Waals surface area (Å²) in [4.78, 5) is 24.5. The molecule has 1 atom stereocenters. The number of carbonyl (C=O) groups is 2. The van der Waals surface area contributed by atoms with Crippen molar-refractivity contribution in [2.45, 2.75) is 45.1 Å². The van der Waals surface area contributed by atoms with Crippen LogP contribution in [-0.2, 0) is 9.53 Å². The lowest BCUT2D eigenvalue weighted by Crippen LogP contribution is -2.36. The van der Waals surface area contributed by atoms with Crippen molar-refractivity contribution in [2.75, 3.05) is 20.8 Å². The van der Waals surface area contributed by atoms with E-state index in [0.717, 1.165) is 19.3 Å². The third kappa shape index (κ3) is 5.51. The van der Waals surface area contributed by atoms with Gasteiger partial charge in [-0.25, -0.2) is 4.79 Å². The minimum Gasteiger partial charge on any atom is -0.497 e. The number of allylic oxidation sites excluding steroid dienone is 1. The molecule has 6 heteroatoms. The molecule has 1 aliphatic carbocycles. The molecule has 1 aromatic carbocycles. The molecule has 142 valence electrons. The van der Waals surface area contributed by atoms with E-state index < -0.39 is 12.1 Å². The molecule has 0 bridgehead atoms. The van der Waals surface area contributed by atoms with Crippen molar-refractivity contribution >= 4 is 11.9 Å².